The lowest BCUT2D eigenvalue weighted by molar-refractivity contribution is 0.751. The number of halogens is 3. The van der Waals surface area contributed by atoms with Crippen LogP contribution in [0.15, 0.2) is 28.1 Å². The average Bonchev–Trinajstić information content (AvgIpc) is 2.65. The van der Waals surface area contributed by atoms with E-state index >= 15 is 0 Å². The lowest BCUT2D eigenvalue weighted by atomic mass is 10.2. The van der Waals surface area contributed by atoms with Crippen molar-refractivity contribution in [1.29, 1.82) is 0 Å². The highest BCUT2D eigenvalue weighted by molar-refractivity contribution is 7.99. The molecule has 108 valence electrons. The van der Waals surface area contributed by atoms with Crippen molar-refractivity contribution >= 4 is 46.6 Å². The van der Waals surface area contributed by atoms with Crippen molar-refractivity contribution < 1.29 is 0 Å². The Morgan fingerprint density at radius 3 is 2.30 bits per heavy atom. The molecule has 20 heavy (non-hydrogen) atoms. The standard InChI is InChI=1S/C14H15Cl3N2S/c1-8(2)13-14(19(3)12(7-15)18-13)20-11-5-9(16)4-10(17)6-11/h4-6,8H,7H2,1-3H3. The first-order valence-corrected chi connectivity index (χ1v) is 8.28. The summed E-state index contributed by atoms with van der Waals surface area (Å²) in [5.74, 6) is 1.59. The molecule has 1 aromatic heterocycles. The predicted molar refractivity (Wildman–Crippen MR) is 87.4 cm³/mol. The summed E-state index contributed by atoms with van der Waals surface area (Å²) in [6, 6.07) is 5.52. The first-order chi connectivity index (χ1) is 9.42. The van der Waals surface area contributed by atoms with Crippen LogP contribution < -0.4 is 0 Å². The first-order valence-electron chi connectivity index (χ1n) is 6.17. The SMILES string of the molecule is CC(C)c1nc(CCl)n(C)c1Sc1cc(Cl)cc(Cl)c1. The Hall–Kier alpha value is -0.350. The summed E-state index contributed by atoms with van der Waals surface area (Å²) in [6.07, 6.45) is 0. The quantitative estimate of drug-likeness (QED) is 0.655. The second-order valence-corrected chi connectivity index (χ2v) is 6.98. The van der Waals surface area contributed by atoms with Crippen LogP contribution >= 0.6 is 46.6 Å². The topological polar surface area (TPSA) is 17.8 Å². The number of imidazole rings is 1. The molecular weight excluding hydrogens is 335 g/mol. The van der Waals surface area contributed by atoms with Gasteiger partial charge in [-0.05, 0) is 24.1 Å². The number of nitrogens with zero attached hydrogens (tertiary/aromatic N) is 2. The van der Waals surface area contributed by atoms with Gasteiger partial charge in [0.1, 0.15) is 10.9 Å². The molecule has 2 rings (SSSR count). The molecule has 2 nitrogen and oxygen atoms in total. The van der Waals surface area contributed by atoms with E-state index in [0.717, 1.165) is 21.4 Å². The van der Waals surface area contributed by atoms with E-state index in [1.54, 1.807) is 17.8 Å². The van der Waals surface area contributed by atoms with Crippen molar-refractivity contribution in [3.05, 3.63) is 39.8 Å². The molecule has 0 fully saturated rings. The maximum absolute atomic E-state index is 6.05. The van der Waals surface area contributed by atoms with Crippen LogP contribution in [-0.4, -0.2) is 9.55 Å². The molecule has 0 amide bonds. The summed E-state index contributed by atoms with van der Waals surface area (Å²) >= 11 is 19.6. The number of benzene rings is 1. The Morgan fingerprint density at radius 2 is 1.80 bits per heavy atom. The molecule has 0 aliphatic rings. The van der Waals surface area contributed by atoms with Crippen molar-refractivity contribution in [2.45, 2.75) is 35.6 Å². The molecule has 1 heterocycles. The number of alkyl halides is 1. The molecular formula is C14H15Cl3N2S. The normalized spacial score (nSPS) is 11.3. The number of hydrogen-bond donors (Lipinski definition) is 0. The second-order valence-electron chi connectivity index (χ2n) is 4.77. The van der Waals surface area contributed by atoms with Crippen LogP contribution in [0.25, 0.3) is 0 Å². The van der Waals surface area contributed by atoms with E-state index in [-0.39, 0.29) is 0 Å². The molecule has 0 aliphatic heterocycles. The van der Waals surface area contributed by atoms with Gasteiger partial charge in [0.25, 0.3) is 0 Å². The summed E-state index contributed by atoms with van der Waals surface area (Å²) in [5.41, 5.74) is 1.05. The molecule has 0 radical (unpaired) electrons. The average molecular weight is 350 g/mol. The number of aromatic nitrogens is 2. The molecule has 0 N–H and O–H groups in total. The van der Waals surface area contributed by atoms with Crippen molar-refractivity contribution in [2.24, 2.45) is 7.05 Å². The molecule has 0 atom stereocenters. The third kappa shape index (κ3) is 3.45. The van der Waals surface area contributed by atoms with E-state index in [9.17, 15) is 0 Å². The minimum absolute atomic E-state index is 0.329. The van der Waals surface area contributed by atoms with Gasteiger partial charge in [0, 0.05) is 22.0 Å². The lowest BCUT2D eigenvalue weighted by Crippen LogP contribution is -1.96. The molecule has 0 saturated heterocycles. The summed E-state index contributed by atoms with van der Waals surface area (Å²) in [6.45, 7) is 4.24. The Kier molecular flexibility index (Phi) is 5.30. The summed E-state index contributed by atoms with van der Waals surface area (Å²) in [7, 11) is 1.98. The monoisotopic (exact) mass is 348 g/mol. The van der Waals surface area contributed by atoms with Gasteiger partial charge in [0.15, 0.2) is 0 Å². The zero-order valence-corrected chi connectivity index (χ0v) is 14.5. The van der Waals surface area contributed by atoms with Crippen LogP contribution in [0.1, 0.15) is 31.3 Å². The second kappa shape index (κ2) is 6.61. The Labute approximate surface area is 138 Å². The Balaban J connectivity index is 2.44. The molecule has 6 heteroatoms. The highest BCUT2D eigenvalue weighted by atomic mass is 35.5. The Bertz CT molecular complexity index is 603. The molecule has 0 bridgehead atoms. The van der Waals surface area contributed by atoms with Gasteiger partial charge in [-0.3, -0.25) is 0 Å². The number of hydrogen-bond acceptors (Lipinski definition) is 2. The number of rotatable bonds is 4. The summed E-state index contributed by atoms with van der Waals surface area (Å²) in [4.78, 5) is 5.61. The lowest BCUT2D eigenvalue weighted by Gasteiger charge is -2.09. The van der Waals surface area contributed by atoms with E-state index in [1.165, 1.54) is 0 Å². The van der Waals surface area contributed by atoms with Crippen LogP contribution in [0.4, 0.5) is 0 Å². The third-order valence-corrected chi connectivity index (χ3v) is 4.70. The van der Waals surface area contributed by atoms with Gasteiger partial charge in [-0.2, -0.15) is 0 Å². The molecule has 0 aliphatic carbocycles. The van der Waals surface area contributed by atoms with Gasteiger partial charge in [-0.15, -0.1) is 11.6 Å². The van der Waals surface area contributed by atoms with Gasteiger partial charge in [0.2, 0.25) is 0 Å². The highest BCUT2D eigenvalue weighted by Crippen LogP contribution is 2.36. The molecule has 0 unspecified atom stereocenters. The van der Waals surface area contributed by atoms with Gasteiger partial charge < -0.3 is 4.57 Å². The van der Waals surface area contributed by atoms with Gasteiger partial charge in [-0.1, -0.05) is 48.8 Å². The van der Waals surface area contributed by atoms with Crippen molar-refractivity contribution in [1.82, 2.24) is 9.55 Å². The Morgan fingerprint density at radius 1 is 1.20 bits per heavy atom. The van der Waals surface area contributed by atoms with Crippen molar-refractivity contribution in [3.63, 3.8) is 0 Å². The van der Waals surface area contributed by atoms with E-state index in [2.05, 4.69) is 18.8 Å². The van der Waals surface area contributed by atoms with Gasteiger partial charge >= 0.3 is 0 Å². The van der Waals surface area contributed by atoms with Gasteiger partial charge in [-0.25, -0.2) is 4.98 Å². The maximum Gasteiger partial charge on any atom is 0.124 e. The first kappa shape index (κ1) is 16.0. The molecule has 0 saturated carbocycles. The largest absolute Gasteiger partial charge is 0.325 e. The van der Waals surface area contributed by atoms with E-state index in [4.69, 9.17) is 34.8 Å². The van der Waals surface area contributed by atoms with Crippen LogP contribution in [0, 0.1) is 0 Å². The highest BCUT2D eigenvalue weighted by Gasteiger charge is 2.18. The van der Waals surface area contributed by atoms with E-state index in [0.29, 0.717) is 21.8 Å². The smallest absolute Gasteiger partial charge is 0.124 e. The molecule has 1 aromatic carbocycles. The minimum atomic E-state index is 0.329. The van der Waals surface area contributed by atoms with Crippen LogP contribution in [0.2, 0.25) is 10.0 Å². The van der Waals surface area contributed by atoms with Crippen molar-refractivity contribution in [2.75, 3.05) is 0 Å². The zero-order valence-electron chi connectivity index (χ0n) is 11.5. The molecule has 0 spiro atoms. The fourth-order valence-corrected chi connectivity index (χ4v) is 3.98. The fourth-order valence-electron chi connectivity index (χ4n) is 1.87. The minimum Gasteiger partial charge on any atom is -0.325 e. The van der Waals surface area contributed by atoms with Crippen LogP contribution in [-0.2, 0) is 12.9 Å². The van der Waals surface area contributed by atoms with Crippen LogP contribution in [0.5, 0.6) is 0 Å². The fraction of sp³-hybridized carbons (Fsp3) is 0.357. The maximum atomic E-state index is 6.05. The van der Waals surface area contributed by atoms with Gasteiger partial charge in [0.05, 0.1) is 11.6 Å². The molecule has 2 aromatic rings. The predicted octanol–water partition coefficient (Wildman–Crippen LogP) is 5.74. The van der Waals surface area contributed by atoms with Crippen LogP contribution in [0.3, 0.4) is 0 Å². The summed E-state index contributed by atoms with van der Waals surface area (Å²) < 4.78 is 2.03. The van der Waals surface area contributed by atoms with E-state index < -0.39 is 0 Å². The summed E-state index contributed by atoms with van der Waals surface area (Å²) in [5, 5.41) is 2.34. The van der Waals surface area contributed by atoms with E-state index in [1.807, 2.05) is 23.7 Å². The van der Waals surface area contributed by atoms with Crippen molar-refractivity contribution in [3.8, 4) is 0 Å². The third-order valence-electron chi connectivity index (χ3n) is 2.88. The zero-order chi connectivity index (χ0) is 14.9.